The van der Waals surface area contributed by atoms with Gasteiger partial charge in [0, 0.05) is 29.0 Å². The van der Waals surface area contributed by atoms with E-state index in [1.807, 2.05) is 31.3 Å². The van der Waals surface area contributed by atoms with Gasteiger partial charge in [-0.2, -0.15) is 0 Å². The summed E-state index contributed by atoms with van der Waals surface area (Å²) in [5, 5.41) is 18.8. The smallest absolute Gasteiger partial charge is 0.124 e. The van der Waals surface area contributed by atoms with Crippen LogP contribution in [0.15, 0.2) is 53.0 Å². The van der Waals surface area contributed by atoms with Crippen molar-refractivity contribution >= 4 is 27.8 Å². The predicted molar refractivity (Wildman–Crippen MR) is 79.7 cm³/mol. The molecule has 0 aliphatic rings. The second-order valence-electron chi connectivity index (χ2n) is 3.46. The molecule has 0 aliphatic heterocycles. The van der Waals surface area contributed by atoms with Crippen LogP contribution in [0.4, 0.5) is 5.69 Å². The molecule has 0 saturated heterocycles. The number of hydrogen-bond acceptors (Lipinski definition) is 3. The molecule has 2 aromatic rings. The van der Waals surface area contributed by atoms with Gasteiger partial charge >= 0.3 is 0 Å². The van der Waals surface area contributed by atoms with Crippen molar-refractivity contribution in [3.05, 3.63) is 58.6 Å². The highest BCUT2D eigenvalue weighted by molar-refractivity contribution is 9.10. The largest absolute Gasteiger partial charge is 0.507 e. The van der Waals surface area contributed by atoms with Crippen molar-refractivity contribution in [1.82, 2.24) is 0 Å². The molecule has 94 valence electrons. The van der Waals surface area contributed by atoms with Gasteiger partial charge in [-0.1, -0.05) is 28.1 Å². The zero-order valence-electron chi connectivity index (χ0n) is 10.0. The normalized spacial score (nSPS) is 9.00. The molecule has 0 amide bonds. The molecular formula is C14H15BrN2O. The van der Waals surface area contributed by atoms with Gasteiger partial charge in [0.15, 0.2) is 0 Å². The number of phenolic OH excluding ortho intramolecular Hbond substituents is 1. The highest BCUT2D eigenvalue weighted by Gasteiger charge is 1.91. The number of phenols is 1. The molecule has 2 rings (SSSR count). The predicted octanol–water partition coefficient (Wildman–Crippen LogP) is 3.88. The second kappa shape index (κ2) is 7.50. The first-order chi connectivity index (χ1) is 8.67. The summed E-state index contributed by atoms with van der Waals surface area (Å²) < 4.78 is 1.11. The Bertz CT molecular complexity index is 497. The van der Waals surface area contributed by atoms with E-state index in [9.17, 15) is 0 Å². The number of para-hydroxylation sites is 1. The van der Waals surface area contributed by atoms with Crippen LogP contribution in [0.2, 0.25) is 0 Å². The summed E-state index contributed by atoms with van der Waals surface area (Å²) in [5.74, 6) is 0.160. The van der Waals surface area contributed by atoms with Crippen molar-refractivity contribution in [2.75, 3.05) is 12.4 Å². The van der Waals surface area contributed by atoms with Crippen molar-refractivity contribution in [1.29, 1.82) is 5.41 Å². The fraction of sp³-hybridized carbons (Fsp3) is 0.0714. The SMILES string of the molecule is CNc1ccc(Br)cc1.N=Cc1ccccc1O. The minimum atomic E-state index is 0.160. The molecule has 3 nitrogen and oxygen atoms in total. The molecule has 2 aromatic carbocycles. The zero-order valence-corrected chi connectivity index (χ0v) is 11.6. The first kappa shape index (κ1) is 14.3. The van der Waals surface area contributed by atoms with E-state index in [0.717, 1.165) is 16.4 Å². The average Bonchev–Trinajstić information content (AvgIpc) is 2.41. The van der Waals surface area contributed by atoms with Crippen LogP contribution < -0.4 is 5.32 Å². The van der Waals surface area contributed by atoms with E-state index in [1.165, 1.54) is 0 Å². The minimum absolute atomic E-state index is 0.160. The van der Waals surface area contributed by atoms with Gasteiger partial charge in [-0.3, -0.25) is 0 Å². The van der Waals surface area contributed by atoms with Crippen molar-refractivity contribution in [2.45, 2.75) is 0 Å². The Balaban J connectivity index is 0.000000180. The van der Waals surface area contributed by atoms with Crippen LogP contribution in [-0.2, 0) is 0 Å². The summed E-state index contributed by atoms with van der Waals surface area (Å²) >= 11 is 3.35. The number of aromatic hydroxyl groups is 1. The number of benzene rings is 2. The molecule has 0 spiro atoms. The highest BCUT2D eigenvalue weighted by atomic mass is 79.9. The lowest BCUT2D eigenvalue weighted by Crippen LogP contribution is -1.85. The number of anilines is 1. The van der Waals surface area contributed by atoms with Crippen LogP contribution in [0.1, 0.15) is 5.56 Å². The third-order valence-electron chi connectivity index (χ3n) is 2.23. The summed E-state index contributed by atoms with van der Waals surface area (Å²) in [5.41, 5.74) is 1.69. The standard InChI is InChI=1S/C7H8BrN.C7H7NO/c1-9-7-4-2-6(8)3-5-7;8-5-6-3-1-2-4-7(6)9/h2-5,9H,1H3;1-5,8-9H. The van der Waals surface area contributed by atoms with Crippen LogP contribution in [0.3, 0.4) is 0 Å². The lowest BCUT2D eigenvalue weighted by Gasteiger charge is -1.96. The Hall–Kier alpha value is -1.81. The molecule has 0 saturated carbocycles. The summed E-state index contributed by atoms with van der Waals surface area (Å²) in [4.78, 5) is 0. The summed E-state index contributed by atoms with van der Waals surface area (Å²) in [6.45, 7) is 0. The maximum Gasteiger partial charge on any atom is 0.124 e. The first-order valence-electron chi connectivity index (χ1n) is 5.39. The van der Waals surface area contributed by atoms with Gasteiger partial charge in [0.05, 0.1) is 0 Å². The molecule has 0 bridgehead atoms. The van der Waals surface area contributed by atoms with E-state index in [-0.39, 0.29) is 5.75 Å². The van der Waals surface area contributed by atoms with E-state index >= 15 is 0 Å². The van der Waals surface area contributed by atoms with Crippen LogP contribution in [0, 0.1) is 5.41 Å². The summed E-state index contributed by atoms with van der Waals surface area (Å²) in [6.07, 6.45) is 1.12. The summed E-state index contributed by atoms with van der Waals surface area (Å²) in [6, 6.07) is 14.8. The molecule has 18 heavy (non-hydrogen) atoms. The molecule has 3 N–H and O–H groups in total. The minimum Gasteiger partial charge on any atom is -0.507 e. The lowest BCUT2D eigenvalue weighted by molar-refractivity contribution is 0.474. The van der Waals surface area contributed by atoms with Crippen molar-refractivity contribution in [2.24, 2.45) is 0 Å². The molecule has 4 heteroatoms. The van der Waals surface area contributed by atoms with Crippen LogP contribution in [-0.4, -0.2) is 18.4 Å². The van der Waals surface area contributed by atoms with Crippen molar-refractivity contribution < 1.29 is 5.11 Å². The third-order valence-corrected chi connectivity index (χ3v) is 2.75. The molecule has 0 aliphatic carbocycles. The van der Waals surface area contributed by atoms with Crippen molar-refractivity contribution in [3.8, 4) is 5.75 Å². The van der Waals surface area contributed by atoms with E-state index < -0.39 is 0 Å². The quantitative estimate of drug-likeness (QED) is 0.737. The number of halogens is 1. The molecule has 0 unspecified atom stereocenters. The lowest BCUT2D eigenvalue weighted by atomic mass is 10.2. The third kappa shape index (κ3) is 4.59. The monoisotopic (exact) mass is 306 g/mol. The average molecular weight is 307 g/mol. The fourth-order valence-electron chi connectivity index (χ4n) is 1.23. The fourth-order valence-corrected chi connectivity index (χ4v) is 1.49. The van der Waals surface area contributed by atoms with E-state index in [0.29, 0.717) is 5.56 Å². The number of rotatable bonds is 2. The second-order valence-corrected chi connectivity index (χ2v) is 4.38. The maximum atomic E-state index is 8.96. The van der Waals surface area contributed by atoms with E-state index in [1.54, 1.807) is 24.3 Å². The van der Waals surface area contributed by atoms with Gasteiger partial charge in [-0.05, 0) is 36.4 Å². The molecule has 0 heterocycles. The van der Waals surface area contributed by atoms with Gasteiger partial charge < -0.3 is 15.8 Å². The number of nitrogens with one attached hydrogen (secondary N) is 2. The van der Waals surface area contributed by atoms with Crippen LogP contribution >= 0.6 is 15.9 Å². The molecule has 0 fully saturated rings. The topological polar surface area (TPSA) is 56.1 Å². The van der Waals surface area contributed by atoms with E-state index in [4.69, 9.17) is 10.5 Å². The zero-order chi connectivity index (χ0) is 13.4. The van der Waals surface area contributed by atoms with Crippen molar-refractivity contribution in [3.63, 3.8) is 0 Å². The highest BCUT2D eigenvalue weighted by Crippen LogP contribution is 2.13. The Morgan fingerprint density at radius 1 is 1.11 bits per heavy atom. The summed E-state index contributed by atoms with van der Waals surface area (Å²) in [7, 11) is 1.91. The van der Waals surface area contributed by atoms with Gasteiger partial charge in [0.25, 0.3) is 0 Å². The molecule has 0 aromatic heterocycles. The maximum absolute atomic E-state index is 8.96. The molecule has 0 radical (unpaired) electrons. The Morgan fingerprint density at radius 2 is 1.72 bits per heavy atom. The van der Waals surface area contributed by atoms with Crippen LogP contribution in [0.25, 0.3) is 0 Å². The van der Waals surface area contributed by atoms with Gasteiger partial charge in [-0.25, -0.2) is 0 Å². The van der Waals surface area contributed by atoms with Gasteiger partial charge in [0.1, 0.15) is 5.75 Å². The van der Waals surface area contributed by atoms with Gasteiger partial charge in [0.2, 0.25) is 0 Å². The Labute approximate surface area is 115 Å². The first-order valence-corrected chi connectivity index (χ1v) is 6.18. The van der Waals surface area contributed by atoms with Gasteiger partial charge in [-0.15, -0.1) is 0 Å². The Morgan fingerprint density at radius 3 is 2.17 bits per heavy atom. The van der Waals surface area contributed by atoms with Crippen LogP contribution in [0.5, 0.6) is 5.75 Å². The molecular weight excluding hydrogens is 292 g/mol. The molecule has 0 atom stereocenters. The number of hydrogen-bond donors (Lipinski definition) is 3. The Kier molecular flexibility index (Phi) is 5.94. The van der Waals surface area contributed by atoms with E-state index in [2.05, 4.69) is 21.2 Å².